The molecule has 8 atom stereocenters. The quantitative estimate of drug-likeness (QED) is 0.0149. The minimum Gasteiger partial charge on any atom is -0.454 e. The maximum Gasteiger partial charge on any atom is 0.306 e. The van der Waals surface area contributed by atoms with Crippen LogP contribution >= 0.6 is 0 Å². The minimum absolute atomic E-state index is 0.0827. The van der Waals surface area contributed by atoms with Gasteiger partial charge >= 0.3 is 5.97 Å². The predicted octanol–water partition coefficient (Wildman–Crippen LogP) is 11.7. The van der Waals surface area contributed by atoms with Crippen LogP contribution in [0.3, 0.4) is 0 Å². The highest BCUT2D eigenvalue weighted by molar-refractivity contribution is 5.80. The number of rotatable bonds is 42. The molecule has 1 rings (SSSR count). The molecular formula is C60H95NO10. The Labute approximate surface area is 429 Å². The molecule has 1 fully saturated rings. The van der Waals surface area contributed by atoms with Crippen LogP contribution in [0.25, 0.3) is 0 Å². The molecule has 71 heavy (non-hydrogen) atoms. The van der Waals surface area contributed by atoms with E-state index in [1.165, 1.54) is 38.5 Å². The van der Waals surface area contributed by atoms with Gasteiger partial charge in [-0.25, -0.2) is 0 Å². The molecule has 6 N–H and O–H groups in total. The second-order valence-electron chi connectivity index (χ2n) is 18.1. The highest BCUT2D eigenvalue weighted by atomic mass is 16.7. The summed E-state index contributed by atoms with van der Waals surface area (Å²) in [6, 6.07) is -1.06. The topological polar surface area (TPSA) is 175 Å². The SMILES string of the molecule is CC\C=C/C=C/C=C/C=C\C=C\C=C\CCCCC(O)C(=O)NC(COC1OC(CO)C(O)C(O)C1OC(=O)CCCCCCC\C=C/C=C/C=C/C=C/CC)C(O)/C=C/CCCCCCCCCCC. The summed E-state index contributed by atoms with van der Waals surface area (Å²) in [7, 11) is 0. The molecule has 0 aromatic rings. The van der Waals surface area contributed by atoms with Gasteiger partial charge < -0.3 is 45.1 Å². The van der Waals surface area contributed by atoms with Gasteiger partial charge in [0, 0.05) is 6.42 Å². The van der Waals surface area contributed by atoms with Gasteiger partial charge in [-0.3, -0.25) is 9.59 Å². The minimum atomic E-state index is -1.64. The maximum atomic E-state index is 13.3. The lowest BCUT2D eigenvalue weighted by Gasteiger charge is -2.41. The number of aliphatic hydroxyl groups excluding tert-OH is 5. The molecule has 0 bridgehead atoms. The van der Waals surface area contributed by atoms with E-state index in [2.05, 4.69) is 44.3 Å². The van der Waals surface area contributed by atoms with Gasteiger partial charge in [0.2, 0.25) is 5.91 Å². The fourth-order valence-corrected chi connectivity index (χ4v) is 7.51. The third kappa shape index (κ3) is 35.5. The number of ether oxygens (including phenoxy) is 3. The molecule has 8 unspecified atom stereocenters. The van der Waals surface area contributed by atoms with Gasteiger partial charge in [-0.05, 0) is 64.2 Å². The molecule has 1 amide bonds. The summed E-state index contributed by atoms with van der Waals surface area (Å²) >= 11 is 0. The Morgan fingerprint density at radius 1 is 0.563 bits per heavy atom. The molecular weight excluding hydrogens is 895 g/mol. The lowest BCUT2D eigenvalue weighted by Crippen LogP contribution is -2.61. The fraction of sp³-hybridized carbons (Fsp3) is 0.600. The second-order valence-corrected chi connectivity index (χ2v) is 18.1. The molecule has 1 saturated heterocycles. The van der Waals surface area contributed by atoms with Gasteiger partial charge in [0.05, 0.1) is 25.4 Å². The molecule has 0 radical (unpaired) electrons. The van der Waals surface area contributed by atoms with E-state index in [-0.39, 0.29) is 19.4 Å². The third-order valence-corrected chi connectivity index (χ3v) is 11.8. The van der Waals surface area contributed by atoms with Crippen LogP contribution in [0.4, 0.5) is 0 Å². The average molecular weight is 990 g/mol. The van der Waals surface area contributed by atoms with Crippen LogP contribution in [0.1, 0.15) is 168 Å². The lowest BCUT2D eigenvalue weighted by molar-refractivity contribution is -0.305. The second kappa shape index (κ2) is 46.8. The van der Waals surface area contributed by atoms with Crippen molar-refractivity contribution in [2.24, 2.45) is 0 Å². The molecule has 0 saturated carbocycles. The Morgan fingerprint density at radius 2 is 1.01 bits per heavy atom. The van der Waals surface area contributed by atoms with Crippen LogP contribution < -0.4 is 5.32 Å². The molecule has 0 aromatic carbocycles. The van der Waals surface area contributed by atoms with Crippen molar-refractivity contribution in [1.82, 2.24) is 5.32 Å². The molecule has 400 valence electrons. The van der Waals surface area contributed by atoms with Gasteiger partial charge in [0.1, 0.15) is 24.4 Å². The first kappa shape index (κ1) is 64.8. The number of hydrogen-bond donors (Lipinski definition) is 6. The Bertz CT molecular complexity index is 1650. The van der Waals surface area contributed by atoms with Gasteiger partial charge in [-0.15, -0.1) is 0 Å². The number of esters is 1. The number of hydrogen-bond acceptors (Lipinski definition) is 10. The summed E-state index contributed by atoms with van der Waals surface area (Å²) in [6.45, 7) is 5.41. The normalized spacial score (nSPS) is 20.7. The Hall–Kier alpha value is -4.20. The summed E-state index contributed by atoms with van der Waals surface area (Å²) in [5, 5.41) is 56.6. The smallest absolute Gasteiger partial charge is 0.306 e. The summed E-state index contributed by atoms with van der Waals surface area (Å²) in [5.41, 5.74) is 0. The number of unbranched alkanes of at least 4 members (excludes halogenated alkanes) is 16. The maximum absolute atomic E-state index is 13.3. The third-order valence-electron chi connectivity index (χ3n) is 11.8. The highest BCUT2D eigenvalue weighted by Gasteiger charge is 2.47. The van der Waals surface area contributed by atoms with Crippen molar-refractivity contribution in [2.75, 3.05) is 13.2 Å². The molecule has 0 spiro atoms. The highest BCUT2D eigenvalue weighted by Crippen LogP contribution is 2.26. The van der Waals surface area contributed by atoms with E-state index in [1.54, 1.807) is 6.08 Å². The Balaban J connectivity index is 2.82. The largest absolute Gasteiger partial charge is 0.454 e. The number of amides is 1. The van der Waals surface area contributed by atoms with Crippen LogP contribution in [0.5, 0.6) is 0 Å². The molecule has 1 aliphatic rings. The van der Waals surface area contributed by atoms with Gasteiger partial charge in [0.25, 0.3) is 0 Å². The van der Waals surface area contributed by atoms with Gasteiger partial charge in [-0.1, -0.05) is 231 Å². The van der Waals surface area contributed by atoms with E-state index in [0.29, 0.717) is 12.8 Å². The number of nitrogens with one attached hydrogen (secondary N) is 1. The Kier molecular flexibility index (Phi) is 42.8. The molecule has 0 aliphatic carbocycles. The summed E-state index contributed by atoms with van der Waals surface area (Å²) < 4.78 is 17.5. The first-order valence-corrected chi connectivity index (χ1v) is 27.1. The number of carbonyl (C=O) groups excluding carboxylic acids is 2. The van der Waals surface area contributed by atoms with Crippen molar-refractivity contribution >= 4 is 11.9 Å². The lowest BCUT2D eigenvalue weighted by atomic mass is 9.99. The van der Waals surface area contributed by atoms with E-state index in [1.807, 2.05) is 109 Å². The average Bonchev–Trinajstić information content (AvgIpc) is 3.37. The van der Waals surface area contributed by atoms with Crippen LogP contribution in [-0.4, -0.2) is 99.6 Å². The van der Waals surface area contributed by atoms with Crippen LogP contribution in [0, 0.1) is 0 Å². The van der Waals surface area contributed by atoms with Crippen molar-refractivity contribution in [3.63, 3.8) is 0 Å². The molecule has 1 heterocycles. The number of allylic oxidation sites excluding steroid dienone is 21. The molecule has 1 aliphatic heterocycles. The van der Waals surface area contributed by atoms with Crippen molar-refractivity contribution < 1.29 is 49.3 Å². The Morgan fingerprint density at radius 3 is 1.52 bits per heavy atom. The first-order chi connectivity index (χ1) is 34.7. The number of carbonyl (C=O) groups is 2. The van der Waals surface area contributed by atoms with E-state index in [9.17, 15) is 35.1 Å². The van der Waals surface area contributed by atoms with E-state index in [0.717, 1.165) is 83.5 Å². The van der Waals surface area contributed by atoms with Crippen molar-refractivity contribution in [3.8, 4) is 0 Å². The summed E-state index contributed by atoms with van der Waals surface area (Å²) in [4.78, 5) is 26.4. The predicted molar refractivity (Wildman–Crippen MR) is 291 cm³/mol. The molecule has 11 nitrogen and oxygen atoms in total. The summed E-state index contributed by atoms with van der Waals surface area (Å²) in [5.74, 6) is -1.28. The fourth-order valence-electron chi connectivity index (χ4n) is 7.51. The van der Waals surface area contributed by atoms with Gasteiger partial charge in [-0.2, -0.15) is 0 Å². The zero-order valence-electron chi connectivity index (χ0n) is 43.8. The van der Waals surface area contributed by atoms with Crippen LogP contribution in [-0.2, 0) is 23.8 Å². The van der Waals surface area contributed by atoms with Crippen molar-refractivity contribution in [1.29, 1.82) is 0 Å². The molecule has 11 heteroatoms. The zero-order chi connectivity index (χ0) is 51.8. The van der Waals surface area contributed by atoms with Gasteiger partial charge in [0.15, 0.2) is 12.4 Å². The van der Waals surface area contributed by atoms with E-state index in [4.69, 9.17) is 14.2 Å². The number of aliphatic hydroxyl groups is 5. The van der Waals surface area contributed by atoms with Crippen LogP contribution in [0.2, 0.25) is 0 Å². The molecule has 0 aromatic heterocycles. The van der Waals surface area contributed by atoms with E-state index >= 15 is 0 Å². The van der Waals surface area contributed by atoms with E-state index < -0.39 is 67.4 Å². The first-order valence-electron chi connectivity index (χ1n) is 27.1. The summed E-state index contributed by atoms with van der Waals surface area (Å²) in [6.07, 6.45) is 54.9. The van der Waals surface area contributed by atoms with Crippen molar-refractivity contribution in [2.45, 2.75) is 217 Å². The van der Waals surface area contributed by atoms with Crippen LogP contribution in [0.15, 0.2) is 134 Å². The monoisotopic (exact) mass is 990 g/mol. The zero-order valence-corrected chi connectivity index (χ0v) is 43.8. The standard InChI is InChI=1S/C60H95NO10/c1-4-7-10-13-16-19-22-24-26-28-29-32-35-38-41-44-47-53(64)59(68)61-51(52(63)46-43-40-37-34-31-21-18-15-12-9-6-3)50-69-60-58(57(67)56(66)54(49-62)70-60)71-55(65)48-45-42-39-36-33-30-27-25-23-20-17-14-11-8-5-2/h7-8,10-11,13-14,16-17,19-20,22-29,32,35,43,46,51-54,56-58,60,62-64,66-67H,4-6,9,12,15,18,21,30-31,33-34,36-42,44-45,47-50H2,1-3H3,(H,61,68)/b10-7-,11-8+,16-13+,17-14+,22-19+,23-20+,26-24-,27-25-,29-28+,35-32+,46-43+. The van der Waals surface area contributed by atoms with Crippen molar-refractivity contribution in [3.05, 3.63) is 134 Å².